The van der Waals surface area contributed by atoms with Gasteiger partial charge in [0.1, 0.15) is 18.3 Å². The van der Waals surface area contributed by atoms with Crippen molar-refractivity contribution in [3.8, 4) is 5.75 Å². The summed E-state index contributed by atoms with van der Waals surface area (Å²) < 4.78 is 35.1. The maximum absolute atomic E-state index is 14.7. The van der Waals surface area contributed by atoms with Gasteiger partial charge >= 0.3 is 0 Å². The molecule has 0 aliphatic rings. The smallest absolute Gasteiger partial charge is 0.264 e. The fourth-order valence-corrected chi connectivity index (χ4v) is 7.00. The molecule has 48 heavy (non-hydrogen) atoms. The van der Waals surface area contributed by atoms with Crippen LogP contribution in [0.5, 0.6) is 5.75 Å². The molecule has 0 unspecified atom stereocenters. The Morgan fingerprint density at radius 1 is 0.854 bits per heavy atom. The number of rotatable bonds is 15. The Morgan fingerprint density at radius 2 is 1.48 bits per heavy atom. The second-order valence-electron chi connectivity index (χ2n) is 11.8. The first-order valence-corrected chi connectivity index (χ1v) is 18.0. The number of aryl methyl sites for hydroxylation is 1. The van der Waals surface area contributed by atoms with Gasteiger partial charge in [-0.15, -0.1) is 0 Å². The number of hydrogen-bond acceptors (Lipinski definition) is 5. The number of halogens is 2. The van der Waals surface area contributed by atoms with E-state index in [4.69, 9.17) is 27.9 Å². The van der Waals surface area contributed by atoms with Crippen LogP contribution in [0, 0.1) is 12.8 Å². The molecule has 0 aliphatic carbocycles. The summed E-state index contributed by atoms with van der Waals surface area (Å²) in [7, 11) is -4.25. The van der Waals surface area contributed by atoms with Gasteiger partial charge in [0.15, 0.2) is 0 Å². The second-order valence-corrected chi connectivity index (χ2v) is 14.5. The van der Waals surface area contributed by atoms with Gasteiger partial charge in [0.2, 0.25) is 11.8 Å². The van der Waals surface area contributed by atoms with Crippen LogP contribution in [0.1, 0.15) is 37.5 Å². The molecular formula is C37H41Cl2N3O5S. The zero-order chi connectivity index (χ0) is 34.8. The lowest BCUT2D eigenvalue weighted by atomic mass is 10.0. The second kappa shape index (κ2) is 16.9. The van der Waals surface area contributed by atoms with Gasteiger partial charge in [0.05, 0.1) is 17.2 Å². The number of ether oxygens (including phenoxy) is 1. The summed E-state index contributed by atoms with van der Waals surface area (Å²) in [4.78, 5) is 30.0. The highest BCUT2D eigenvalue weighted by Crippen LogP contribution is 2.30. The lowest BCUT2D eigenvalue weighted by Crippen LogP contribution is -2.53. The van der Waals surface area contributed by atoms with Gasteiger partial charge in [-0.3, -0.25) is 13.9 Å². The molecule has 8 nitrogen and oxygen atoms in total. The molecule has 0 radical (unpaired) electrons. The van der Waals surface area contributed by atoms with Crippen LogP contribution in [0.15, 0.2) is 102 Å². The Balaban J connectivity index is 1.83. The number of sulfonamides is 1. The standard InChI is InChI=1S/C37H41Cl2N3O5S/c1-5-47-30-18-16-29(17-19-30)42(48(45,46)31-20-14-27(4)15-21-31)25-36(43)41(24-32-33(38)12-9-13-34(32)39)35(37(44)40-23-26(2)3)22-28-10-7-6-8-11-28/h6-21,26,35H,5,22-25H2,1-4H3,(H,40,44)/t35-/m1/s1. The molecule has 4 aromatic carbocycles. The summed E-state index contributed by atoms with van der Waals surface area (Å²) in [5.41, 5.74) is 2.40. The Bertz CT molecular complexity index is 1760. The minimum Gasteiger partial charge on any atom is -0.494 e. The van der Waals surface area contributed by atoms with E-state index in [2.05, 4.69) is 5.32 Å². The maximum atomic E-state index is 14.7. The highest BCUT2D eigenvalue weighted by atomic mass is 35.5. The third-order valence-corrected chi connectivity index (χ3v) is 10.2. The van der Waals surface area contributed by atoms with Crippen molar-refractivity contribution < 1.29 is 22.7 Å². The number of amides is 2. The van der Waals surface area contributed by atoms with Gasteiger partial charge in [-0.05, 0) is 73.9 Å². The van der Waals surface area contributed by atoms with E-state index < -0.39 is 28.5 Å². The van der Waals surface area contributed by atoms with Gasteiger partial charge in [0.25, 0.3) is 10.0 Å². The molecule has 4 rings (SSSR count). The molecule has 0 saturated carbocycles. The Labute approximate surface area is 293 Å². The van der Waals surface area contributed by atoms with Gasteiger partial charge in [-0.1, -0.05) is 91.1 Å². The fourth-order valence-electron chi connectivity index (χ4n) is 5.07. The average Bonchev–Trinajstić information content (AvgIpc) is 3.06. The van der Waals surface area contributed by atoms with Crippen LogP contribution in [0.4, 0.5) is 5.69 Å². The van der Waals surface area contributed by atoms with Crippen LogP contribution in [-0.4, -0.2) is 50.9 Å². The number of benzene rings is 4. The number of nitrogens with one attached hydrogen (secondary N) is 1. The summed E-state index contributed by atoms with van der Waals surface area (Å²) in [5, 5.41) is 3.61. The number of carbonyl (C=O) groups is 2. The van der Waals surface area contributed by atoms with E-state index in [-0.39, 0.29) is 35.4 Å². The van der Waals surface area contributed by atoms with Crippen molar-refractivity contribution >= 4 is 50.7 Å². The first-order valence-electron chi connectivity index (χ1n) is 15.8. The maximum Gasteiger partial charge on any atom is 0.264 e. The topological polar surface area (TPSA) is 96.0 Å². The van der Waals surface area contributed by atoms with Crippen molar-refractivity contribution in [2.75, 3.05) is 24.0 Å². The number of hydrogen-bond donors (Lipinski definition) is 1. The van der Waals surface area contributed by atoms with E-state index in [9.17, 15) is 18.0 Å². The van der Waals surface area contributed by atoms with E-state index in [0.717, 1.165) is 15.4 Å². The molecular weight excluding hydrogens is 669 g/mol. The van der Waals surface area contributed by atoms with Crippen molar-refractivity contribution in [3.63, 3.8) is 0 Å². The molecule has 1 atom stereocenters. The highest BCUT2D eigenvalue weighted by molar-refractivity contribution is 7.92. The molecule has 0 fully saturated rings. The van der Waals surface area contributed by atoms with E-state index in [0.29, 0.717) is 34.5 Å². The largest absolute Gasteiger partial charge is 0.494 e. The number of carbonyl (C=O) groups excluding carboxylic acids is 2. The van der Waals surface area contributed by atoms with Crippen molar-refractivity contribution in [3.05, 3.63) is 124 Å². The zero-order valence-corrected chi connectivity index (χ0v) is 29.9. The predicted molar refractivity (Wildman–Crippen MR) is 192 cm³/mol. The molecule has 0 aliphatic heterocycles. The van der Waals surface area contributed by atoms with Crippen molar-refractivity contribution in [1.29, 1.82) is 0 Å². The molecule has 0 bridgehead atoms. The van der Waals surface area contributed by atoms with Gasteiger partial charge in [0, 0.05) is 35.1 Å². The number of anilines is 1. The molecule has 0 aromatic heterocycles. The van der Waals surface area contributed by atoms with Crippen LogP contribution in [0.25, 0.3) is 0 Å². The van der Waals surface area contributed by atoms with Gasteiger partial charge in [-0.2, -0.15) is 0 Å². The first kappa shape index (κ1) is 36.8. The summed E-state index contributed by atoms with van der Waals surface area (Å²) in [6.45, 7) is 7.75. The third-order valence-electron chi connectivity index (χ3n) is 7.67. The minimum atomic E-state index is -4.25. The Hall–Kier alpha value is -4.05. The van der Waals surface area contributed by atoms with Crippen molar-refractivity contribution in [2.24, 2.45) is 5.92 Å². The summed E-state index contributed by atoms with van der Waals surface area (Å²) in [6, 6.07) is 26.2. The quantitative estimate of drug-likeness (QED) is 0.140. The normalized spacial score (nSPS) is 12.0. The van der Waals surface area contributed by atoms with Crippen molar-refractivity contribution in [1.82, 2.24) is 10.2 Å². The van der Waals surface area contributed by atoms with Crippen molar-refractivity contribution in [2.45, 2.75) is 51.6 Å². The molecule has 1 N–H and O–H groups in total. The van der Waals surface area contributed by atoms with E-state index >= 15 is 0 Å². The minimum absolute atomic E-state index is 0.0194. The first-order chi connectivity index (χ1) is 22.9. The van der Waals surface area contributed by atoms with E-state index in [1.165, 1.54) is 17.0 Å². The van der Waals surface area contributed by atoms with Gasteiger partial charge in [-0.25, -0.2) is 8.42 Å². The molecule has 254 valence electrons. The Kier molecular flexibility index (Phi) is 12.9. The molecule has 4 aromatic rings. The average molecular weight is 711 g/mol. The Morgan fingerprint density at radius 3 is 2.06 bits per heavy atom. The summed E-state index contributed by atoms with van der Waals surface area (Å²) in [6.07, 6.45) is 0.173. The summed E-state index contributed by atoms with van der Waals surface area (Å²) >= 11 is 13.2. The monoisotopic (exact) mass is 709 g/mol. The highest BCUT2D eigenvalue weighted by Gasteiger charge is 2.35. The third kappa shape index (κ3) is 9.52. The molecule has 11 heteroatoms. The predicted octanol–water partition coefficient (Wildman–Crippen LogP) is 7.31. The van der Waals surface area contributed by atoms with Gasteiger partial charge < -0.3 is 15.0 Å². The lowest BCUT2D eigenvalue weighted by molar-refractivity contribution is -0.140. The van der Waals surface area contributed by atoms with E-state index in [1.54, 1.807) is 54.6 Å². The van der Waals surface area contributed by atoms with Crippen LogP contribution >= 0.6 is 23.2 Å². The van der Waals surface area contributed by atoms with Crippen LogP contribution < -0.4 is 14.4 Å². The molecule has 0 spiro atoms. The van der Waals surface area contributed by atoms with Crippen LogP contribution in [0.3, 0.4) is 0 Å². The summed E-state index contributed by atoms with van der Waals surface area (Å²) in [5.74, 6) is -0.280. The lowest BCUT2D eigenvalue weighted by Gasteiger charge is -2.34. The zero-order valence-electron chi connectivity index (χ0n) is 27.5. The molecule has 0 saturated heterocycles. The fraction of sp³-hybridized carbons (Fsp3) is 0.297. The molecule has 2 amide bonds. The molecule has 0 heterocycles. The van der Waals surface area contributed by atoms with Crippen LogP contribution in [0.2, 0.25) is 10.0 Å². The number of nitrogens with zero attached hydrogens (tertiary/aromatic N) is 2. The SMILES string of the molecule is CCOc1ccc(N(CC(=O)N(Cc2c(Cl)cccc2Cl)[C@H](Cc2ccccc2)C(=O)NCC(C)C)S(=O)(=O)c2ccc(C)cc2)cc1. The van der Waals surface area contributed by atoms with E-state index in [1.807, 2.05) is 58.0 Å². The van der Waals surface area contributed by atoms with Crippen LogP contribution in [-0.2, 0) is 32.6 Å².